The number of nitriles is 2. The second-order valence-corrected chi connectivity index (χ2v) is 5.12. The third kappa shape index (κ3) is 2.86. The summed E-state index contributed by atoms with van der Waals surface area (Å²) < 4.78 is 24.4. The van der Waals surface area contributed by atoms with Crippen molar-refractivity contribution in [3.63, 3.8) is 0 Å². The minimum absolute atomic E-state index is 0.109. The van der Waals surface area contributed by atoms with Gasteiger partial charge in [0.1, 0.15) is 17.4 Å². The number of nitrogens with one attached hydrogen (secondary N) is 1. The Balaban J connectivity index is 3.13. The maximum Gasteiger partial charge on any atom is 0.246 e. The molecular formula is C9H6ClN3O2S. The Morgan fingerprint density at radius 3 is 2.38 bits per heavy atom. The highest BCUT2D eigenvalue weighted by Gasteiger charge is 2.09. The molecule has 0 fully saturated rings. The molecule has 0 atom stereocenters. The van der Waals surface area contributed by atoms with Crippen LogP contribution in [0.4, 0.5) is 5.69 Å². The Morgan fingerprint density at radius 2 is 1.88 bits per heavy atom. The number of anilines is 1. The Hall–Kier alpha value is -1.76. The molecule has 0 radical (unpaired) electrons. The van der Waals surface area contributed by atoms with Crippen LogP contribution in [0.5, 0.6) is 0 Å². The lowest BCUT2D eigenvalue weighted by Gasteiger charge is -2.05. The molecule has 1 aromatic carbocycles. The van der Waals surface area contributed by atoms with Gasteiger partial charge in [-0.25, -0.2) is 8.42 Å². The minimum Gasteiger partial charge on any atom is -0.283 e. The van der Waals surface area contributed by atoms with E-state index < -0.39 is 15.2 Å². The van der Waals surface area contributed by atoms with E-state index in [1.54, 1.807) is 6.07 Å². The van der Waals surface area contributed by atoms with Gasteiger partial charge in [-0.15, -0.1) is 11.6 Å². The first-order valence-corrected chi connectivity index (χ1v) is 6.22. The smallest absolute Gasteiger partial charge is 0.246 e. The van der Waals surface area contributed by atoms with Crippen molar-refractivity contribution >= 4 is 27.3 Å². The molecule has 1 rings (SSSR count). The summed E-state index contributed by atoms with van der Waals surface area (Å²) in [6.07, 6.45) is 0. The highest BCUT2D eigenvalue weighted by molar-refractivity contribution is 7.93. The molecule has 0 amide bonds. The van der Waals surface area contributed by atoms with Gasteiger partial charge in [-0.05, 0) is 18.2 Å². The lowest BCUT2D eigenvalue weighted by Crippen LogP contribution is -2.13. The molecule has 82 valence electrons. The van der Waals surface area contributed by atoms with Gasteiger partial charge in [0.25, 0.3) is 0 Å². The van der Waals surface area contributed by atoms with Crippen molar-refractivity contribution in [3.05, 3.63) is 29.3 Å². The quantitative estimate of drug-likeness (QED) is 0.826. The summed E-state index contributed by atoms with van der Waals surface area (Å²) in [5, 5.41) is 16.8. The highest BCUT2D eigenvalue weighted by Crippen LogP contribution is 2.16. The van der Waals surface area contributed by atoms with Gasteiger partial charge in [0.2, 0.25) is 10.0 Å². The molecule has 0 aliphatic carbocycles. The average molecular weight is 256 g/mol. The Bertz CT molecular complexity index is 584. The second kappa shape index (κ2) is 4.84. The number of nitrogens with zero attached hydrogens (tertiary/aromatic N) is 2. The van der Waals surface area contributed by atoms with E-state index in [0.717, 1.165) is 0 Å². The molecule has 0 saturated carbocycles. The maximum atomic E-state index is 11.1. The lowest BCUT2D eigenvalue weighted by molar-refractivity contribution is 0.605. The number of hydrogen-bond donors (Lipinski definition) is 1. The van der Waals surface area contributed by atoms with E-state index >= 15 is 0 Å². The van der Waals surface area contributed by atoms with Crippen molar-refractivity contribution in [2.75, 3.05) is 9.93 Å². The number of rotatable bonds is 3. The van der Waals surface area contributed by atoms with Crippen LogP contribution in [0.1, 0.15) is 11.1 Å². The van der Waals surface area contributed by atoms with Gasteiger partial charge in [-0.3, -0.25) is 4.72 Å². The molecule has 0 aliphatic rings. The minimum atomic E-state index is -3.59. The van der Waals surface area contributed by atoms with E-state index in [0.29, 0.717) is 0 Å². The van der Waals surface area contributed by atoms with Crippen LogP contribution in [0.15, 0.2) is 18.2 Å². The third-order valence-electron chi connectivity index (χ3n) is 1.68. The van der Waals surface area contributed by atoms with Crippen molar-refractivity contribution < 1.29 is 8.42 Å². The van der Waals surface area contributed by atoms with E-state index in [4.69, 9.17) is 22.1 Å². The first-order valence-electron chi connectivity index (χ1n) is 4.03. The van der Waals surface area contributed by atoms with Crippen molar-refractivity contribution in [1.82, 2.24) is 0 Å². The normalized spacial score (nSPS) is 10.2. The van der Waals surface area contributed by atoms with Gasteiger partial charge >= 0.3 is 0 Å². The number of sulfonamides is 1. The summed E-state index contributed by atoms with van der Waals surface area (Å²) in [6.45, 7) is 0. The maximum absolute atomic E-state index is 11.1. The first kappa shape index (κ1) is 12.3. The molecule has 0 saturated heterocycles. The topological polar surface area (TPSA) is 93.8 Å². The molecule has 0 unspecified atom stereocenters. The number of alkyl halides is 1. The summed E-state index contributed by atoms with van der Waals surface area (Å²) in [7, 11) is -3.59. The fourth-order valence-electron chi connectivity index (χ4n) is 1.00. The number of halogens is 1. The molecule has 7 heteroatoms. The van der Waals surface area contributed by atoms with E-state index in [2.05, 4.69) is 4.72 Å². The number of benzene rings is 1. The Kier molecular flexibility index (Phi) is 3.73. The van der Waals surface area contributed by atoms with E-state index in [-0.39, 0.29) is 16.8 Å². The van der Waals surface area contributed by atoms with Crippen LogP contribution in [0.2, 0.25) is 0 Å². The van der Waals surface area contributed by atoms with E-state index in [1.807, 2.05) is 6.07 Å². The third-order valence-corrected chi connectivity index (χ3v) is 3.37. The van der Waals surface area contributed by atoms with Crippen LogP contribution in [-0.4, -0.2) is 13.6 Å². The van der Waals surface area contributed by atoms with Crippen LogP contribution < -0.4 is 4.72 Å². The second-order valence-electron chi connectivity index (χ2n) is 2.81. The van der Waals surface area contributed by atoms with Gasteiger partial charge in [0.05, 0.1) is 11.1 Å². The fourth-order valence-corrected chi connectivity index (χ4v) is 1.71. The van der Waals surface area contributed by atoms with Gasteiger partial charge in [-0.2, -0.15) is 10.5 Å². The monoisotopic (exact) mass is 255 g/mol. The van der Waals surface area contributed by atoms with Gasteiger partial charge in [0.15, 0.2) is 0 Å². The van der Waals surface area contributed by atoms with Crippen LogP contribution in [0, 0.1) is 22.7 Å². The van der Waals surface area contributed by atoms with Crippen molar-refractivity contribution in [3.8, 4) is 12.1 Å². The summed E-state index contributed by atoms with van der Waals surface area (Å²) in [4.78, 5) is 0. The summed E-state index contributed by atoms with van der Waals surface area (Å²) in [6, 6.07) is 7.66. The van der Waals surface area contributed by atoms with Crippen molar-refractivity contribution in [2.24, 2.45) is 0 Å². The molecule has 0 bridgehead atoms. The largest absolute Gasteiger partial charge is 0.283 e. The van der Waals surface area contributed by atoms with Crippen molar-refractivity contribution in [1.29, 1.82) is 10.5 Å². The zero-order chi connectivity index (χ0) is 12.2. The standard InChI is InChI=1S/C9H6ClN3O2S/c10-6-16(14,15)13-9-2-1-7(4-11)8(3-9)5-12/h1-3,13H,6H2. The van der Waals surface area contributed by atoms with Crippen LogP contribution >= 0.6 is 11.6 Å². The summed E-state index contributed by atoms with van der Waals surface area (Å²) >= 11 is 5.21. The molecule has 1 aromatic rings. The Labute approximate surface area is 97.9 Å². The Morgan fingerprint density at radius 1 is 1.25 bits per heavy atom. The molecule has 0 aromatic heterocycles. The van der Waals surface area contributed by atoms with Crippen LogP contribution in [-0.2, 0) is 10.0 Å². The molecule has 0 aliphatic heterocycles. The zero-order valence-corrected chi connectivity index (χ0v) is 9.51. The number of hydrogen-bond acceptors (Lipinski definition) is 4. The SMILES string of the molecule is N#Cc1ccc(NS(=O)(=O)CCl)cc1C#N. The molecular weight excluding hydrogens is 250 g/mol. The lowest BCUT2D eigenvalue weighted by atomic mass is 10.1. The van der Waals surface area contributed by atoms with Crippen molar-refractivity contribution in [2.45, 2.75) is 0 Å². The summed E-state index contributed by atoms with van der Waals surface area (Å²) in [5.41, 5.74) is 0.504. The van der Waals surface area contributed by atoms with Crippen LogP contribution in [0.3, 0.4) is 0 Å². The first-order chi connectivity index (χ1) is 7.52. The van der Waals surface area contributed by atoms with Gasteiger partial charge in [0, 0.05) is 5.69 Å². The molecule has 5 nitrogen and oxygen atoms in total. The van der Waals surface area contributed by atoms with E-state index in [1.165, 1.54) is 18.2 Å². The fraction of sp³-hybridized carbons (Fsp3) is 0.111. The predicted octanol–water partition coefficient (Wildman–Crippen LogP) is 1.37. The highest BCUT2D eigenvalue weighted by atomic mass is 35.5. The van der Waals surface area contributed by atoms with Crippen LogP contribution in [0.25, 0.3) is 0 Å². The van der Waals surface area contributed by atoms with E-state index in [9.17, 15) is 8.42 Å². The zero-order valence-electron chi connectivity index (χ0n) is 7.94. The molecule has 0 heterocycles. The molecule has 1 N–H and O–H groups in total. The predicted molar refractivity (Wildman–Crippen MR) is 59.1 cm³/mol. The molecule has 0 spiro atoms. The average Bonchev–Trinajstić information content (AvgIpc) is 2.28. The van der Waals surface area contributed by atoms with Gasteiger partial charge < -0.3 is 0 Å². The van der Waals surface area contributed by atoms with Gasteiger partial charge in [-0.1, -0.05) is 0 Å². The summed E-state index contributed by atoms with van der Waals surface area (Å²) in [5.74, 6) is 0. The molecule has 16 heavy (non-hydrogen) atoms.